The minimum atomic E-state index is -1.02. The zero-order chi connectivity index (χ0) is 28.1. The molecular formula is C31H25N4O4+. The molecule has 0 aromatic heterocycles. The van der Waals surface area contributed by atoms with Crippen molar-refractivity contribution in [2.75, 3.05) is 14.1 Å². The highest BCUT2D eigenvalue weighted by molar-refractivity contribution is 6.19. The second-order valence-electron chi connectivity index (χ2n) is 10.1. The summed E-state index contributed by atoms with van der Waals surface area (Å²) >= 11 is 0. The Bertz CT molecular complexity index is 1670. The first-order chi connectivity index (χ1) is 18.6. The first-order valence-electron chi connectivity index (χ1n) is 12.3. The molecule has 1 aliphatic carbocycles. The zero-order valence-corrected chi connectivity index (χ0v) is 21.9. The molecule has 192 valence electrons. The van der Waals surface area contributed by atoms with Gasteiger partial charge >= 0.3 is 5.97 Å². The van der Waals surface area contributed by atoms with E-state index in [1.165, 1.54) is 12.1 Å². The SMILES string of the molecule is CN1C=C(c2ccc(C(=O)O)cc2)O/C1=C\C1C(=O)/C(=C\C2=[N+](C)c3ccccc3C2(C)C)C1=C(C#N)C#N. The number of carboxylic acid groups (broad SMARTS) is 1. The Labute approximate surface area is 226 Å². The molecule has 39 heavy (non-hydrogen) atoms. The molecule has 2 aliphatic heterocycles. The van der Waals surface area contributed by atoms with Gasteiger partial charge in [-0.15, -0.1) is 0 Å². The lowest BCUT2D eigenvalue weighted by Gasteiger charge is -2.30. The smallest absolute Gasteiger partial charge is 0.335 e. The Balaban J connectivity index is 1.48. The average Bonchev–Trinajstić information content (AvgIpc) is 3.39. The molecule has 1 fully saturated rings. The summed E-state index contributed by atoms with van der Waals surface area (Å²) in [5.74, 6) is -1.19. The predicted molar refractivity (Wildman–Crippen MR) is 143 cm³/mol. The van der Waals surface area contributed by atoms with E-state index >= 15 is 0 Å². The van der Waals surface area contributed by atoms with Crippen molar-refractivity contribution < 1.29 is 24.0 Å². The highest BCUT2D eigenvalue weighted by Crippen LogP contribution is 2.44. The lowest BCUT2D eigenvalue weighted by Crippen LogP contribution is -2.36. The third-order valence-corrected chi connectivity index (χ3v) is 7.46. The average molecular weight is 518 g/mol. The number of carboxylic acids is 1. The molecule has 0 spiro atoms. The van der Waals surface area contributed by atoms with Gasteiger partial charge in [0.25, 0.3) is 0 Å². The number of rotatable bonds is 4. The van der Waals surface area contributed by atoms with Crippen molar-refractivity contribution in [3.05, 3.63) is 106 Å². The van der Waals surface area contributed by atoms with Crippen molar-refractivity contribution in [3.8, 4) is 12.1 Å². The number of nitriles is 2. The van der Waals surface area contributed by atoms with Crippen LogP contribution in [0.5, 0.6) is 0 Å². The number of ketones is 1. The molecule has 3 aliphatic rings. The number of Topliss-reactive ketones (excluding diaryl/α,β-unsaturated/α-hetero) is 1. The fourth-order valence-corrected chi connectivity index (χ4v) is 5.32. The van der Waals surface area contributed by atoms with E-state index in [9.17, 15) is 20.1 Å². The molecule has 1 unspecified atom stereocenters. The highest BCUT2D eigenvalue weighted by atomic mass is 16.5. The quantitative estimate of drug-likeness (QED) is 0.356. The maximum absolute atomic E-state index is 13.5. The largest absolute Gasteiger partial charge is 0.478 e. The standard InChI is InChI=1S/C31H24N4O4/c1-31(2)23-7-5-6-8-24(23)35(4)26(31)13-21-28(20(15-32)16-33)22(29(21)36)14-27-34(3)17-25(39-27)18-9-11-19(12-10-18)30(37)38/h5-14,17,22H,1-4H3/p+1/b21-13-,27-14-. The number of ether oxygens (including phenoxy) is 1. The molecule has 2 heterocycles. The van der Waals surface area contributed by atoms with E-state index < -0.39 is 11.9 Å². The van der Waals surface area contributed by atoms with Gasteiger partial charge in [-0.1, -0.05) is 30.3 Å². The number of hydrogen-bond donors (Lipinski definition) is 1. The van der Waals surface area contributed by atoms with Crippen molar-refractivity contribution in [1.82, 2.24) is 4.90 Å². The van der Waals surface area contributed by atoms with Gasteiger partial charge in [-0.25, -0.2) is 4.79 Å². The van der Waals surface area contributed by atoms with Crippen molar-refractivity contribution in [1.29, 1.82) is 10.5 Å². The zero-order valence-electron chi connectivity index (χ0n) is 21.9. The van der Waals surface area contributed by atoms with E-state index in [2.05, 4.69) is 19.9 Å². The van der Waals surface area contributed by atoms with Crippen molar-refractivity contribution in [3.63, 3.8) is 0 Å². The summed E-state index contributed by atoms with van der Waals surface area (Å²) < 4.78 is 8.04. The topological polar surface area (TPSA) is 117 Å². The Morgan fingerprint density at radius 1 is 1.13 bits per heavy atom. The van der Waals surface area contributed by atoms with Crippen LogP contribution < -0.4 is 0 Å². The van der Waals surface area contributed by atoms with Gasteiger partial charge in [-0.2, -0.15) is 15.1 Å². The summed E-state index contributed by atoms with van der Waals surface area (Å²) in [7, 11) is 3.70. The number of aromatic carboxylic acids is 1. The van der Waals surface area contributed by atoms with Crippen LogP contribution in [0.1, 0.15) is 35.3 Å². The minimum absolute atomic E-state index is 0.114. The third kappa shape index (κ3) is 4.03. The summed E-state index contributed by atoms with van der Waals surface area (Å²) in [6.45, 7) is 4.17. The fourth-order valence-electron chi connectivity index (χ4n) is 5.32. The molecule has 1 saturated carbocycles. The van der Waals surface area contributed by atoms with Gasteiger partial charge in [-0.05, 0) is 32.1 Å². The van der Waals surface area contributed by atoms with E-state index in [0.29, 0.717) is 28.4 Å². The maximum atomic E-state index is 13.5. The Kier molecular flexibility index (Phi) is 6.05. The number of para-hydroxylation sites is 1. The molecule has 1 atom stereocenters. The fraction of sp³-hybridized carbons (Fsp3) is 0.194. The number of allylic oxidation sites excluding steroid dienone is 5. The van der Waals surface area contributed by atoms with Gasteiger partial charge in [0.05, 0.1) is 23.1 Å². The molecule has 0 saturated heterocycles. The molecule has 0 bridgehead atoms. The molecule has 8 heteroatoms. The van der Waals surface area contributed by atoms with Crippen LogP contribution in [0.2, 0.25) is 0 Å². The van der Waals surface area contributed by atoms with Crippen LogP contribution in [-0.4, -0.2) is 46.1 Å². The van der Waals surface area contributed by atoms with Crippen LogP contribution in [0.4, 0.5) is 5.69 Å². The van der Waals surface area contributed by atoms with Crippen LogP contribution in [0.3, 0.4) is 0 Å². The Hall–Kier alpha value is -5.21. The summed E-state index contributed by atoms with van der Waals surface area (Å²) in [6.07, 6.45) is 5.14. The highest BCUT2D eigenvalue weighted by Gasteiger charge is 2.47. The van der Waals surface area contributed by atoms with Gasteiger partial charge in [-0.3, -0.25) is 4.79 Å². The van der Waals surface area contributed by atoms with E-state index in [1.807, 2.05) is 42.0 Å². The lowest BCUT2D eigenvalue weighted by molar-refractivity contribution is -0.401. The number of nitrogens with zero attached hydrogens (tertiary/aromatic N) is 4. The molecule has 2 aromatic rings. The molecule has 1 N–H and O–H groups in total. The summed E-state index contributed by atoms with van der Waals surface area (Å²) in [4.78, 5) is 26.3. The third-order valence-electron chi connectivity index (χ3n) is 7.46. The lowest BCUT2D eigenvalue weighted by atomic mass is 9.69. The normalized spacial score (nSPS) is 21.2. The van der Waals surface area contributed by atoms with Gasteiger partial charge < -0.3 is 14.7 Å². The van der Waals surface area contributed by atoms with Crippen LogP contribution in [0.15, 0.2) is 89.5 Å². The molecule has 8 nitrogen and oxygen atoms in total. The minimum Gasteiger partial charge on any atom is -0.478 e. The van der Waals surface area contributed by atoms with Crippen LogP contribution >= 0.6 is 0 Å². The molecule has 5 rings (SSSR count). The van der Waals surface area contributed by atoms with Gasteiger partial charge in [0.2, 0.25) is 5.69 Å². The van der Waals surface area contributed by atoms with Crippen LogP contribution in [0.25, 0.3) is 5.76 Å². The number of carbonyl (C=O) groups is 2. The molecule has 2 aromatic carbocycles. The van der Waals surface area contributed by atoms with E-state index in [-0.39, 0.29) is 22.3 Å². The summed E-state index contributed by atoms with van der Waals surface area (Å²) in [5, 5.41) is 28.5. The summed E-state index contributed by atoms with van der Waals surface area (Å²) in [5.41, 5.74) is 4.13. The first-order valence-corrected chi connectivity index (χ1v) is 12.3. The second-order valence-corrected chi connectivity index (χ2v) is 10.1. The number of carbonyl (C=O) groups excluding carboxylic acids is 1. The van der Waals surface area contributed by atoms with Gasteiger partial charge in [0.15, 0.2) is 23.1 Å². The Morgan fingerprint density at radius 3 is 2.41 bits per heavy atom. The number of fused-ring (bicyclic) bond motifs is 1. The molecule has 0 amide bonds. The Morgan fingerprint density at radius 2 is 1.79 bits per heavy atom. The van der Waals surface area contributed by atoms with E-state index in [1.54, 1.807) is 42.4 Å². The predicted octanol–water partition coefficient (Wildman–Crippen LogP) is 4.66. The number of benzene rings is 2. The van der Waals surface area contributed by atoms with Crippen molar-refractivity contribution in [2.45, 2.75) is 19.3 Å². The number of hydrogen-bond acceptors (Lipinski definition) is 6. The maximum Gasteiger partial charge on any atom is 0.335 e. The van der Waals surface area contributed by atoms with Gasteiger partial charge in [0.1, 0.15) is 24.8 Å². The van der Waals surface area contributed by atoms with Crippen LogP contribution in [0, 0.1) is 28.6 Å². The van der Waals surface area contributed by atoms with E-state index in [0.717, 1.165) is 17.0 Å². The van der Waals surface area contributed by atoms with Crippen LogP contribution in [-0.2, 0) is 14.9 Å². The van der Waals surface area contributed by atoms with Crippen molar-refractivity contribution in [2.24, 2.45) is 5.92 Å². The molecule has 0 radical (unpaired) electrons. The van der Waals surface area contributed by atoms with E-state index in [4.69, 9.17) is 9.84 Å². The molecular weight excluding hydrogens is 492 g/mol. The van der Waals surface area contributed by atoms with Gasteiger partial charge in [0, 0.05) is 41.5 Å². The first kappa shape index (κ1) is 25.4. The van der Waals surface area contributed by atoms with Crippen molar-refractivity contribution >= 4 is 28.9 Å². The second kappa shape index (κ2) is 9.27. The monoisotopic (exact) mass is 517 g/mol. The summed E-state index contributed by atoms with van der Waals surface area (Å²) in [6, 6.07) is 18.2.